The van der Waals surface area contributed by atoms with Crippen LogP contribution in [0.15, 0.2) is 18.2 Å². The predicted molar refractivity (Wildman–Crippen MR) is 46.9 cm³/mol. The molecule has 0 radical (unpaired) electrons. The average molecular weight is 218 g/mol. The molecule has 1 aromatic carbocycles. The average Bonchev–Trinajstić information content (AvgIpc) is 2.08. The zero-order valence-electron chi connectivity index (χ0n) is 7.30. The van der Waals surface area contributed by atoms with Crippen molar-refractivity contribution in [2.45, 2.75) is 6.54 Å². The fourth-order valence-corrected chi connectivity index (χ4v) is 1.28. The molecule has 0 bridgehead atoms. The molecule has 76 valence electrons. The zero-order valence-corrected chi connectivity index (χ0v) is 8.05. The minimum atomic E-state index is -1.14. The molecule has 0 spiro atoms. The molecule has 2 N–H and O–H groups in total. The van der Waals surface area contributed by atoms with E-state index in [9.17, 15) is 14.3 Å². The van der Waals surface area contributed by atoms with Crippen LogP contribution in [0.4, 0.5) is 4.39 Å². The third kappa shape index (κ3) is 3.32. The largest absolute Gasteiger partial charge is 0.544 e. The summed E-state index contributed by atoms with van der Waals surface area (Å²) in [7, 11) is 0. The zero-order chi connectivity index (χ0) is 10.6. The number of halogens is 2. The van der Waals surface area contributed by atoms with Crippen LogP contribution in [-0.4, -0.2) is 12.5 Å². The van der Waals surface area contributed by atoms with Crippen molar-refractivity contribution in [3.63, 3.8) is 0 Å². The minimum Gasteiger partial charge on any atom is -0.544 e. The Hall–Kier alpha value is -1.13. The summed E-state index contributed by atoms with van der Waals surface area (Å²) >= 11 is 5.72. The molecular weight excluding hydrogens is 209 g/mol. The first kappa shape index (κ1) is 10.9. The van der Waals surface area contributed by atoms with Gasteiger partial charge in [-0.15, -0.1) is 0 Å². The number of rotatable bonds is 4. The third-order valence-electron chi connectivity index (χ3n) is 1.69. The fourth-order valence-electron chi connectivity index (χ4n) is 1.03. The van der Waals surface area contributed by atoms with E-state index in [0.29, 0.717) is 17.1 Å². The quantitative estimate of drug-likeness (QED) is 0.725. The highest BCUT2D eigenvalue weighted by molar-refractivity contribution is 6.31. The van der Waals surface area contributed by atoms with Gasteiger partial charge in [0.1, 0.15) is 18.9 Å². The van der Waals surface area contributed by atoms with E-state index in [1.807, 2.05) is 0 Å². The van der Waals surface area contributed by atoms with Crippen molar-refractivity contribution in [1.29, 1.82) is 0 Å². The molecule has 0 saturated heterocycles. The monoisotopic (exact) mass is 217 g/mol. The second-order valence-electron chi connectivity index (χ2n) is 2.80. The van der Waals surface area contributed by atoms with E-state index in [4.69, 9.17) is 11.6 Å². The van der Waals surface area contributed by atoms with Gasteiger partial charge in [-0.25, -0.2) is 4.39 Å². The molecule has 0 unspecified atom stereocenters. The molecule has 0 aromatic heterocycles. The SMILES string of the molecule is O=C([O-])C[NH2+]Cc1ccc(F)cc1Cl. The topological polar surface area (TPSA) is 56.7 Å². The van der Waals surface area contributed by atoms with Crippen molar-refractivity contribution in [2.75, 3.05) is 6.54 Å². The van der Waals surface area contributed by atoms with E-state index in [2.05, 4.69) is 0 Å². The summed E-state index contributed by atoms with van der Waals surface area (Å²) < 4.78 is 12.6. The summed E-state index contributed by atoms with van der Waals surface area (Å²) in [4.78, 5) is 10.1. The summed E-state index contributed by atoms with van der Waals surface area (Å²) in [5, 5.41) is 11.9. The second kappa shape index (κ2) is 4.93. The molecule has 5 heteroatoms. The van der Waals surface area contributed by atoms with E-state index in [-0.39, 0.29) is 6.54 Å². The summed E-state index contributed by atoms with van der Waals surface area (Å²) in [6.07, 6.45) is 0. The van der Waals surface area contributed by atoms with Crippen LogP contribution >= 0.6 is 11.6 Å². The van der Waals surface area contributed by atoms with Gasteiger partial charge < -0.3 is 15.2 Å². The molecule has 0 heterocycles. The number of aliphatic carboxylic acids is 1. The number of hydrogen-bond acceptors (Lipinski definition) is 2. The lowest BCUT2D eigenvalue weighted by Crippen LogP contribution is -2.85. The van der Waals surface area contributed by atoms with Crippen LogP contribution in [0.1, 0.15) is 5.56 Å². The summed E-state index contributed by atoms with van der Waals surface area (Å²) in [5.41, 5.74) is 0.703. The fraction of sp³-hybridized carbons (Fsp3) is 0.222. The van der Waals surface area contributed by atoms with Gasteiger partial charge in [-0.05, 0) is 18.2 Å². The van der Waals surface area contributed by atoms with Crippen molar-refractivity contribution >= 4 is 17.6 Å². The number of carbonyl (C=O) groups excluding carboxylic acids is 1. The van der Waals surface area contributed by atoms with Gasteiger partial charge in [-0.3, -0.25) is 0 Å². The van der Waals surface area contributed by atoms with Crippen LogP contribution < -0.4 is 10.4 Å². The van der Waals surface area contributed by atoms with Gasteiger partial charge in [-0.2, -0.15) is 0 Å². The van der Waals surface area contributed by atoms with Gasteiger partial charge in [-0.1, -0.05) is 11.6 Å². The maximum atomic E-state index is 12.6. The first-order valence-corrected chi connectivity index (χ1v) is 4.43. The predicted octanol–water partition coefficient (Wildman–Crippen LogP) is -0.708. The standard InChI is InChI=1S/C9H9ClFNO2/c10-8-3-7(11)2-1-6(8)4-12-5-9(13)14/h1-3,12H,4-5H2,(H,13,14). The van der Waals surface area contributed by atoms with Crippen molar-refractivity contribution in [1.82, 2.24) is 0 Å². The molecule has 0 atom stereocenters. The molecule has 3 nitrogen and oxygen atoms in total. The number of carboxylic acid groups (broad SMARTS) is 1. The Morgan fingerprint density at radius 2 is 2.29 bits per heavy atom. The Morgan fingerprint density at radius 1 is 1.57 bits per heavy atom. The molecule has 0 saturated carbocycles. The second-order valence-corrected chi connectivity index (χ2v) is 3.21. The summed E-state index contributed by atoms with van der Waals surface area (Å²) in [6.45, 7) is 0.265. The highest BCUT2D eigenvalue weighted by Gasteiger charge is 2.03. The number of nitrogens with two attached hydrogens (primary N) is 1. The first-order chi connectivity index (χ1) is 6.59. The molecule has 1 aromatic rings. The van der Waals surface area contributed by atoms with Crippen molar-refractivity contribution < 1.29 is 19.6 Å². The molecule has 0 aliphatic rings. The lowest BCUT2D eigenvalue weighted by atomic mass is 10.2. The van der Waals surface area contributed by atoms with Crippen LogP contribution in [0.5, 0.6) is 0 Å². The van der Waals surface area contributed by atoms with Gasteiger partial charge in [0, 0.05) is 5.56 Å². The Bertz CT molecular complexity index is 344. The van der Waals surface area contributed by atoms with E-state index in [1.165, 1.54) is 23.5 Å². The van der Waals surface area contributed by atoms with E-state index < -0.39 is 11.8 Å². The minimum absolute atomic E-state index is 0.131. The van der Waals surface area contributed by atoms with Crippen molar-refractivity contribution in [3.05, 3.63) is 34.6 Å². The van der Waals surface area contributed by atoms with Crippen LogP contribution in [0.2, 0.25) is 5.02 Å². The molecule has 0 amide bonds. The summed E-state index contributed by atoms with van der Waals surface area (Å²) in [6, 6.07) is 4.02. The smallest absolute Gasteiger partial charge is 0.124 e. The molecule has 0 aliphatic carbocycles. The number of hydrogen-bond donors (Lipinski definition) is 1. The molecule has 0 aliphatic heterocycles. The lowest BCUT2D eigenvalue weighted by Gasteiger charge is -2.04. The van der Waals surface area contributed by atoms with Crippen LogP contribution in [0, 0.1) is 5.82 Å². The van der Waals surface area contributed by atoms with Gasteiger partial charge in [0.25, 0.3) is 0 Å². The Morgan fingerprint density at radius 3 is 2.86 bits per heavy atom. The highest BCUT2D eigenvalue weighted by Crippen LogP contribution is 2.15. The van der Waals surface area contributed by atoms with Gasteiger partial charge in [0.05, 0.1) is 11.0 Å². The third-order valence-corrected chi connectivity index (χ3v) is 2.04. The number of carbonyl (C=O) groups is 1. The number of quaternary nitrogens is 1. The highest BCUT2D eigenvalue weighted by atomic mass is 35.5. The van der Waals surface area contributed by atoms with E-state index in [0.717, 1.165) is 0 Å². The molecule has 1 rings (SSSR count). The Kier molecular flexibility index (Phi) is 3.85. The maximum absolute atomic E-state index is 12.6. The molecule has 0 fully saturated rings. The van der Waals surface area contributed by atoms with E-state index >= 15 is 0 Å². The Balaban J connectivity index is 2.55. The Labute approximate surface area is 85.5 Å². The maximum Gasteiger partial charge on any atom is 0.124 e. The van der Waals surface area contributed by atoms with Crippen molar-refractivity contribution in [3.8, 4) is 0 Å². The van der Waals surface area contributed by atoms with Crippen molar-refractivity contribution in [2.24, 2.45) is 0 Å². The normalized spacial score (nSPS) is 10.1. The van der Waals surface area contributed by atoms with Crippen LogP contribution in [0.3, 0.4) is 0 Å². The molecule has 14 heavy (non-hydrogen) atoms. The first-order valence-electron chi connectivity index (χ1n) is 4.05. The van der Waals surface area contributed by atoms with Gasteiger partial charge >= 0.3 is 0 Å². The summed E-state index contributed by atoms with van der Waals surface area (Å²) in [5.74, 6) is -1.54. The van der Waals surface area contributed by atoms with Gasteiger partial charge in [0.2, 0.25) is 0 Å². The molecular formula is C9H9ClFNO2. The lowest BCUT2D eigenvalue weighted by molar-refractivity contribution is -0.665. The van der Waals surface area contributed by atoms with Crippen LogP contribution in [0.25, 0.3) is 0 Å². The number of carboxylic acids is 1. The van der Waals surface area contributed by atoms with Gasteiger partial charge in [0.15, 0.2) is 0 Å². The van der Waals surface area contributed by atoms with Crippen LogP contribution in [-0.2, 0) is 11.3 Å². The van der Waals surface area contributed by atoms with E-state index in [1.54, 1.807) is 0 Å². The number of benzene rings is 1.